The summed E-state index contributed by atoms with van der Waals surface area (Å²) in [6.45, 7) is 16.5. The summed E-state index contributed by atoms with van der Waals surface area (Å²) in [6.07, 6.45) is 17.7. The molecule has 5 saturated carbocycles. The molecule has 0 spiro atoms. The highest BCUT2D eigenvalue weighted by molar-refractivity contribution is 5.63. The Kier molecular flexibility index (Phi) is 13.0. The number of amides is 1. The number of carbonyl (C=O) groups is 2. The Bertz CT molecular complexity index is 1710. The summed E-state index contributed by atoms with van der Waals surface area (Å²) >= 11 is 0. The van der Waals surface area contributed by atoms with Gasteiger partial charge in [-0.05, 0) is 146 Å². The molecule has 0 saturated heterocycles. The van der Waals surface area contributed by atoms with Crippen molar-refractivity contribution in [2.75, 3.05) is 0 Å². The number of hydrogen-bond acceptors (Lipinski definition) is 6. The van der Waals surface area contributed by atoms with Gasteiger partial charge in [0.05, 0.1) is 6.10 Å². The number of fused-ring (bicyclic) bond motifs is 7. The average Bonchev–Trinajstić information content (AvgIpc) is 3.80. The van der Waals surface area contributed by atoms with Gasteiger partial charge in [-0.25, -0.2) is 0 Å². The lowest BCUT2D eigenvalue weighted by Gasteiger charge is -2.69. The van der Waals surface area contributed by atoms with E-state index < -0.39 is 5.97 Å². The normalized spacial score (nSPS) is 34.2. The standard InChI is InChI=1S/C40H52N2O2.C3H6.C2H4O2.CH3NO/c1-37(2)32-18-21-38(3)30-17-23-40(20-9-14-31(40)29(30)15-16-33(38)39(32,4)22-19-34(37)43)25-26-10-8-13-28(24-26)36-41-35(42-44-36)27-11-6-5-7-12-27;1-3-2;1-2(3)4;2-1-3/h5-8,10-13,24,29-34,43H,9,14-23,25H2,1-4H3;3H,1H2,2H3;1H3,(H,3,4);1H,(H2,2,3). The van der Waals surface area contributed by atoms with Gasteiger partial charge in [-0.1, -0.05) is 87.8 Å². The fraction of sp³-hybridized carbons (Fsp3) is 0.609. The Hall–Kier alpha value is -3.78. The summed E-state index contributed by atoms with van der Waals surface area (Å²) < 4.78 is 5.76. The zero-order valence-corrected chi connectivity index (χ0v) is 33.6. The largest absolute Gasteiger partial charge is 0.481 e. The number of aliphatic hydroxyl groups is 1. The summed E-state index contributed by atoms with van der Waals surface area (Å²) in [5, 5.41) is 22.7. The molecule has 2 aromatic carbocycles. The molecule has 4 N–H and O–H groups in total. The van der Waals surface area contributed by atoms with Crippen molar-refractivity contribution in [1.29, 1.82) is 0 Å². The second-order valence-electron chi connectivity index (χ2n) is 18.0. The highest BCUT2D eigenvalue weighted by atomic mass is 16.5. The zero-order chi connectivity index (χ0) is 39.3. The van der Waals surface area contributed by atoms with Gasteiger partial charge >= 0.3 is 0 Å². The van der Waals surface area contributed by atoms with Crippen LogP contribution in [0.3, 0.4) is 0 Å². The lowest BCUT2D eigenvalue weighted by molar-refractivity contribution is -0.214. The second kappa shape index (κ2) is 16.9. The van der Waals surface area contributed by atoms with Gasteiger partial charge in [-0.2, -0.15) is 4.98 Å². The minimum Gasteiger partial charge on any atom is -0.481 e. The molecule has 9 unspecified atom stereocenters. The van der Waals surface area contributed by atoms with E-state index in [1.165, 1.54) is 76.2 Å². The number of nitrogens with zero attached hydrogens (tertiary/aromatic N) is 2. The third-order valence-electron chi connectivity index (χ3n) is 14.9. The van der Waals surface area contributed by atoms with Gasteiger partial charge in [0.1, 0.15) is 0 Å². The molecule has 0 aliphatic heterocycles. The first-order valence-electron chi connectivity index (χ1n) is 20.3. The molecular weight excluding hydrogens is 675 g/mol. The molecule has 9 atom stereocenters. The number of aliphatic carboxylic acids is 1. The van der Waals surface area contributed by atoms with Crippen LogP contribution in [-0.4, -0.2) is 38.8 Å². The van der Waals surface area contributed by atoms with E-state index in [9.17, 15) is 5.11 Å². The van der Waals surface area contributed by atoms with Crippen molar-refractivity contribution in [3.8, 4) is 22.8 Å². The molecule has 0 radical (unpaired) electrons. The van der Waals surface area contributed by atoms with Crippen molar-refractivity contribution < 1.29 is 24.3 Å². The second-order valence-corrected chi connectivity index (χ2v) is 18.0. The van der Waals surface area contributed by atoms with E-state index in [0.29, 0.717) is 33.9 Å². The summed E-state index contributed by atoms with van der Waals surface area (Å²) in [5.41, 5.74) is 8.93. The lowest BCUT2D eigenvalue weighted by Crippen LogP contribution is -2.63. The first kappa shape index (κ1) is 41.4. The van der Waals surface area contributed by atoms with Crippen molar-refractivity contribution in [3.05, 3.63) is 72.8 Å². The lowest BCUT2D eigenvalue weighted by atomic mass is 9.36. The number of aliphatic hydroxyl groups excluding tert-OH is 1. The molecule has 294 valence electrons. The van der Waals surface area contributed by atoms with E-state index in [-0.39, 0.29) is 17.9 Å². The molecule has 5 fully saturated rings. The van der Waals surface area contributed by atoms with Crippen LogP contribution in [0.1, 0.15) is 118 Å². The molecule has 1 heterocycles. The first-order valence-corrected chi connectivity index (χ1v) is 20.3. The fourth-order valence-electron chi connectivity index (χ4n) is 12.9. The Labute approximate surface area is 323 Å². The predicted octanol–water partition coefficient (Wildman–Crippen LogP) is 10.2. The number of primary amides is 1. The maximum atomic E-state index is 11.0. The molecule has 54 heavy (non-hydrogen) atoms. The highest BCUT2D eigenvalue weighted by Gasteiger charge is 2.66. The van der Waals surface area contributed by atoms with Crippen molar-refractivity contribution in [1.82, 2.24) is 10.1 Å². The van der Waals surface area contributed by atoms with Gasteiger partial charge in [0.25, 0.3) is 11.9 Å². The van der Waals surface area contributed by atoms with Crippen molar-refractivity contribution >= 4 is 12.4 Å². The van der Waals surface area contributed by atoms with Crippen LogP contribution in [0.4, 0.5) is 0 Å². The Morgan fingerprint density at radius 3 is 2.22 bits per heavy atom. The van der Waals surface area contributed by atoms with Crippen LogP contribution >= 0.6 is 0 Å². The zero-order valence-electron chi connectivity index (χ0n) is 33.6. The highest BCUT2D eigenvalue weighted by Crippen LogP contribution is 2.73. The Morgan fingerprint density at radius 2 is 1.54 bits per heavy atom. The number of allylic oxidation sites excluding steroid dienone is 1. The van der Waals surface area contributed by atoms with Crippen LogP contribution in [0, 0.1) is 51.2 Å². The van der Waals surface area contributed by atoms with Crippen LogP contribution in [0.25, 0.3) is 22.8 Å². The summed E-state index contributed by atoms with van der Waals surface area (Å²) in [4.78, 5) is 22.3. The van der Waals surface area contributed by atoms with E-state index in [1.807, 2.05) is 37.3 Å². The van der Waals surface area contributed by atoms with Crippen LogP contribution in [0.2, 0.25) is 0 Å². The molecule has 0 bridgehead atoms. The summed E-state index contributed by atoms with van der Waals surface area (Å²) in [6, 6.07) is 19.1. The molecule has 3 aromatic rings. The topological polar surface area (TPSA) is 140 Å². The quantitative estimate of drug-likeness (QED) is 0.179. The van der Waals surface area contributed by atoms with E-state index in [4.69, 9.17) is 24.2 Å². The van der Waals surface area contributed by atoms with E-state index >= 15 is 0 Å². The maximum absolute atomic E-state index is 11.0. The maximum Gasteiger partial charge on any atom is 0.300 e. The Balaban J connectivity index is 0.000000506. The number of rotatable bonds is 4. The van der Waals surface area contributed by atoms with Gasteiger partial charge in [0, 0.05) is 18.1 Å². The number of carboxylic acid groups (broad SMARTS) is 1. The van der Waals surface area contributed by atoms with Crippen LogP contribution in [0.15, 0.2) is 71.8 Å². The molecule has 8 nitrogen and oxygen atoms in total. The van der Waals surface area contributed by atoms with E-state index in [0.717, 1.165) is 48.1 Å². The van der Waals surface area contributed by atoms with Gasteiger partial charge in [0.2, 0.25) is 12.2 Å². The number of nitrogens with two attached hydrogens (primary N) is 1. The number of hydrogen-bond donors (Lipinski definition) is 3. The third-order valence-corrected chi connectivity index (χ3v) is 14.9. The minimum absolute atomic E-state index is 0.0389. The number of benzene rings is 2. The van der Waals surface area contributed by atoms with Crippen LogP contribution in [-0.2, 0) is 16.0 Å². The van der Waals surface area contributed by atoms with Crippen molar-refractivity contribution in [3.63, 3.8) is 0 Å². The predicted molar refractivity (Wildman–Crippen MR) is 215 cm³/mol. The fourth-order valence-corrected chi connectivity index (χ4v) is 12.9. The number of carboxylic acids is 1. The Morgan fingerprint density at radius 1 is 0.889 bits per heavy atom. The molecule has 8 rings (SSSR count). The van der Waals surface area contributed by atoms with Gasteiger partial charge in [0.15, 0.2) is 0 Å². The number of carbonyl (C=O) groups excluding carboxylic acids is 1. The van der Waals surface area contributed by atoms with Crippen LogP contribution in [0.5, 0.6) is 0 Å². The van der Waals surface area contributed by atoms with E-state index in [2.05, 4.69) is 69.4 Å². The van der Waals surface area contributed by atoms with Crippen molar-refractivity contribution in [2.45, 2.75) is 125 Å². The molecule has 8 heteroatoms. The summed E-state index contributed by atoms with van der Waals surface area (Å²) in [5.74, 6) is 4.49. The van der Waals surface area contributed by atoms with Crippen molar-refractivity contribution in [2.24, 2.45) is 57.0 Å². The average molecular weight is 740 g/mol. The monoisotopic (exact) mass is 739 g/mol. The third kappa shape index (κ3) is 7.96. The molecule has 5 aliphatic carbocycles. The molecule has 1 aromatic heterocycles. The van der Waals surface area contributed by atoms with Gasteiger partial charge in [-0.3, -0.25) is 9.59 Å². The smallest absolute Gasteiger partial charge is 0.300 e. The SMILES string of the molecule is C=CC.CC(=O)O.CC1(C)C(O)CCC2(C)C1CCC1(C)C3CCC4(Cc5cccc(-c6nc(-c7ccccc7)no6)c5)CCCC4C3CCC12.NC=O. The summed E-state index contributed by atoms with van der Waals surface area (Å²) in [7, 11) is 0. The van der Waals surface area contributed by atoms with Gasteiger partial charge < -0.3 is 20.5 Å². The first-order chi connectivity index (χ1) is 25.7. The number of aromatic nitrogens is 2. The van der Waals surface area contributed by atoms with Gasteiger partial charge in [-0.15, -0.1) is 6.58 Å². The molecule has 1 amide bonds. The van der Waals surface area contributed by atoms with Crippen LogP contribution < -0.4 is 5.73 Å². The van der Waals surface area contributed by atoms with E-state index in [1.54, 1.807) is 6.08 Å². The molecule has 5 aliphatic rings. The minimum atomic E-state index is -0.833. The molecular formula is C46H65N3O5.